The number of rotatable bonds is 3. The SMILES string of the molecule is COc1ccc(-c2cccc(-c3c(C(F)(F)F)nc4ccccn34)n2)cc1Cl. The monoisotopic (exact) mass is 403 g/mol. The van der Waals surface area contributed by atoms with Crippen LogP contribution in [0.1, 0.15) is 5.69 Å². The number of hydrogen-bond donors (Lipinski definition) is 0. The second-order valence-electron chi connectivity index (χ2n) is 5.99. The molecule has 0 bridgehead atoms. The molecule has 28 heavy (non-hydrogen) atoms. The number of pyridine rings is 2. The molecule has 142 valence electrons. The van der Waals surface area contributed by atoms with Crippen molar-refractivity contribution in [3.63, 3.8) is 0 Å². The summed E-state index contributed by atoms with van der Waals surface area (Å²) in [4.78, 5) is 8.21. The highest BCUT2D eigenvalue weighted by atomic mass is 35.5. The van der Waals surface area contributed by atoms with Crippen molar-refractivity contribution >= 4 is 17.2 Å². The van der Waals surface area contributed by atoms with Crippen LogP contribution in [0.2, 0.25) is 5.02 Å². The van der Waals surface area contributed by atoms with E-state index < -0.39 is 11.9 Å². The molecule has 4 rings (SSSR count). The molecule has 0 saturated heterocycles. The van der Waals surface area contributed by atoms with Crippen molar-refractivity contribution < 1.29 is 17.9 Å². The molecule has 0 unspecified atom stereocenters. The van der Waals surface area contributed by atoms with Crippen LogP contribution in [-0.2, 0) is 6.18 Å². The third kappa shape index (κ3) is 3.18. The fourth-order valence-electron chi connectivity index (χ4n) is 2.99. The van der Waals surface area contributed by atoms with Crippen molar-refractivity contribution in [1.29, 1.82) is 0 Å². The maximum Gasteiger partial charge on any atom is 0.435 e. The average Bonchev–Trinajstić information content (AvgIpc) is 3.08. The van der Waals surface area contributed by atoms with Gasteiger partial charge in [-0.1, -0.05) is 23.7 Å². The van der Waals surface area contributed by atoms with Crippen LogP contribution in [0.4, 0.5) is 13.2 Å². The van der Waals surface area contributed by atoms with Gasteiger partial charge in [-0.05, 0) is 42.5 Å². The summed E-state index contributed by atoms with van der Waals surface area (Å²) in [6.07, 6.45) is -3.08. The van der Waals surface area contributed by atoms with Crippen LogP contribution in [0, 0.1) is 0 Å². The van der Waals surface area contributed by atoms with E-state index in [0.717, 1.165) is 0 Å². The number of imidazole rings is 1. The Labute approximate surface area is 163 Å². The predicted octanol–water partition coefficient (Wildman–Crippen LogP) is 5.74. The lowest BCUT2D eigenvalue weighted by atomic mass is 10.1. The van der Waals surface area contributed by atoms with Gasteiger partial charge in [0.15, 0.2) is 5.69 Å². The molecule has 0 aliphatic carbocycles. The minimum absolute atomic E-state index is 0.107. The first-order valence-corrected chi connectivity index (χ1v) is 8.62. The van der Waals surface area contributed by atoms with Gasteiger partial charge in [-0.15, -0.1) is 0 Å². The molecule has 3 aromatic heterocycles. The highest BCUT2D eigenvalue weighted by Gasteiger charge is 2.38. The fraction of sp³-hybridized carbons (Fsp3) is 0.100. The number of aromatic nitrogens is 3. The molecule has 0 fully saturated rings. The standard InChI is InChI=1S/C20H13ClF3N3O/c1-28-16-9-8-12(11-13(16)21)14-5-4-6-15(25-14)18-19(20(22,23)24)26-17-7-2-3-10-27(17)18/h2-11H,1H3. The van der Waals surface area contributed by atoms with Gasteiger partial charge in [0.25, 0.3) is 0 Å². The van der Waals surface area contributed by atoms with Crippen LogP contribution in [-0.4, -0.2) is 21.5 Å². The van der Waals surface area contributed by atoms with E-state index in [0.29, 0.717) is 22.0 Å². The van der Waals surface area contributed by atoms with Gasteiger partial charge in [-0.3, -0.25) is 4.40 Å². The number of halogens is 4. The Bertz CT molecular complexity index is 1170. The normalized spacial score (nSPS) is 11.8. The van der Waals surface area contributed by atoms with Gasteiger partial charge in [-0.25, -0.2) is 9.97 Å². The third-order valence-electron chi connectivity index (χ3n) is 4.24. The summed E-state index contributed by atoms with van der Waals surface area (Å²) in [6.45, 7) is 0. The Hall–Kier alpha value is -3.06. The van der Waals surface area contributed by atoms with E-state index >= 15 is 0 Å². The fourth-order valence-corrected chi connectivity index (χ4v) is 3.25. The van der Waals surface area contributed by atoms with E-state index in [9.17, 15) is 13.2 Å². The Morgan fingerprint density at radius 1 is 0.964 bits per heavy atom. The lowest BCUT2D eigenvalue weighted by Crippen LogP contribution is -2.08. The van der Waals surface area contributed by atoms with Crippen molar-refractivity contribution in [2.75, 3.05) is 7.11 Å². The zero-order valence-electron chi connectivity index (χ0n) is 14.5. The zero-order valence-corrected chi connectivity index (χ0v) is 15.3. The number of ether oxygens (including phenoxy) is 1. The van der Waals surface area contributed by atoms with E-state index in [-0.39, 0.29) is 17.0 Å². The molecule has 0 N–H and O–H groups in total. The van der Waals surface area contributed by atoms with Crippen LogP contribution >= 0.6 is 11.6 Å². The molecule has 0 saturated carbocycles. The lowest BCUT2D eigenvalue weighted by molar-refractivity contribution is -0.140. The lowest BCUT2D eigenvalue weighted by Gasteiger charge is -2.10. The quantitative estimate of drug-likeness (QED) is 0.437. The second kappa shape index (κ2) is 6.83. The van der Waals surface area contributed by atoms with Gasteiger partial charge < -0.3 is 4.74 Å². The Morgan fingerprint density at radius 3 is 2.46 bits per heavy atom. The van der Waals surface area contributed by atoms with E-state index in [4.69, 9.17) is 16.3 Å². The van der Waals surface area contributed by atoms with E-state index in [1.54, 1.807) is 42.5 Å². The van der Waals surface area contributed by atoms with Crippen molar-refractivity contribution in [2.45, 2.75) is 6.18 Å². The molecule has 4 nitrogen and oxygen atoms in total. The van der Waals surface area contributed by atoms with Crippen molar-refractivity contribution in [2.24, 2.45) is 0 Å². The van der Waals surface area contributed by atoms with E-state index in [2.05, 4.69) is 9.97 Å². The van der Waals surface area contributed by atoms with Crippen LogP contribution in [0.25, 0.3) is 28.3 Å². The van der Waals surface area contributed by atoms with Crippen LogP contribution < -0.4 is 4.74 Å². The molecular formula is C20H13ClF3N3O. The first kappa shape index (κ1) is 18.3. The van der Waals surface area contributed by atoms with E-state index in [1.165, 1.54) is 29.8 Å². The number of hydrogen-bond acceptors (Lipinski definition) is 3. The molecule has 0 atom stereocenters. The van der Waals surface area contributed by atoms with Gasteiger partial charge in [0, 0.05) is 11.8 Å². The summed E-state index contributed by atoms with van der Waals surface area (Å²) >= 11 is 6.17. The average molecular weight is 404 g/mol. The summed E-state index contributed by atoms with van der Waals surface area (Å²) in [5, 5.41) is 0.387. The Balaban J connectivity index is 1.90. The first-order chi connectivity index (χ1) is 13.4. The molecule has 8 heteroatoms. The summed E-state index contributed by atoms with van der Waals surface area (Å²) in [6, 6.07) is 14.8. The predicted molar refractivity (Wildman–Crippen MR) is 100 cm³/mol. The maximum absolute atomic E-state index is 13.6. The summed E-state index contributed by atoms with van der Waals surface area (Å²) in [5.74, 6) is 0.503. The van der Waals surface area contributed by atoms with Gasteiger partial charge in [0.2, 0.25) is 0 Å². The molecular weight excluding hydrogens is 391 g/mol. The molecule has 4 aromatic rings. The third-order valence-corrected chi connectivity index (χ3v) is 4.53. The zero-order chi connectivity index (χ0) is 19.9. The Kier molecular flexibility index (Phi) is 4.47. The van der Waals surface area contributed by atoms with E-state index in [1.807, 2.05) is 0 Å². The molecule has 1 aromatic carbocycles. The highest BCUT2D eigenvalue weighted by molar-refractivity contribution is 6.32. The summed E-state index contributed by atoms with van der Waals surface area (Å²) in [5.41, 5.74) is 0.428. The molecule has 0 radical (unpaired) electrons. The van der Waals surface area contributed by atoms with Gasteiger partial charge in [0.1, 0.15) is 17.1 Å². The van der Waals surface area contributed by atoms with Gasteiger partial charge in [-0.2, -0.15) is 13.2 Å². The summed E-state index contributed by atoms with van der Waals surface area (Å²) in [7, 11) is 1.50. The van der Waals surface area contributed by atoms with Gasteiger partial charge >= 0.3 is 6.18 Å². The summed E-state index contributed by atoms with van der Waals surface area (Å²) < 4.78 is 47.3. The number of alkyl halides is 3. The topological polar surface area (TPSA) is 39.4 Å². The van der Waals surface area contributed by atoms with Crippen molar-refractivity contribution in [3.05, 3.63) is 71.5 Å². The second-order valence-corrected chi connectivity index (χ2v) is 6.40. The molecule has 0 aliphatic rings. The number of methoxy groups -OCH3 is 1. The molecule has 3 heterocycles. The van der Waals surface area contributed by atoms with Crippen LogP contribution in [0.15, 0.2) is 60.8 Å². The maximum atomic E-state index is 13.6. The number of fused-ring (bicyclic) bond motifs is 1. The molecule has 0 spiro atoms. The molecule has 0 amide bonds. The number of nitrogens with zero attached hydrogens (tertiary/aromatic N) is 3. The van der Waals surface area contributed by atoms with Crippen LogP contribution in [0.3, 0.4) is 0 Å². The number of benzene rings is 1. The molecule has 0 aliphatic heterocycles. The largest absolute Gasteiger partial charge is 0.495 e. The minimum Gasteiger partial charge on any atom is -0.495 e. The first-order valence-electron chi connectivity index (χ1n) is 8.24. The minimum atomic E-state index is -4.61. The van der Waals surface area contributed by atoms with Gasteiger partial charge in [0.05, 0.1) is 23.5 Å². The van der Waals surface area contributed by atoms with Crippen molar-refractivity contribution in [3.8, 4) is 28.4 Å². The van der Waals surface area contributed by atoms with Crippen molar-refractivity contribution in [1.82, 2.24) is 14.4 Å². The highest BCUT2D eigenvalue weighted by Crippen LogP contribution is 2.37. The van der Waals surface area contributed by atoms with Crippen LogP contribution in [0.5, 0.6) is 5.75 Å². The smallest absolute Gasteiger partial charge is 0.435 e. The Morgan fingerprint density at radius 2 is 1.75 bits per heavy atom.